The van der Waals surface area contributed by atoms with E-state index in [2.05, 4.69) is 45.9 Å². The summed E-state index contributed by atoms with van der Waals surface area (Å²) in [7, 11) is 0. The van der Waals surface area contributed by atoms with E-state index in [4.69, 9.17) is 4.74 Å². The van der Waals surface area contributed by atoms with Crippen molar-refractivity contribution in [3.63, 3.8) is 0 Å². The Morgan fingerprint density at radius 2 is 2.07 bits per heavy atom. The average Bonchev–Trinajstić information content (AvgIpc) is 2.40. The monoisotopic (exact) mass is 204 g/mol. The van der Waals surface area contributed by atoms with Crippen molar-refractivity contribution in [2.75, 3.05) is 0 Å². The molecule has 1 atom stereocenters. The summed E-state index contributed by atoms with van der Waals surface area (Å²) in [4.78, 5) is 0. The molecule has 0 saturated carbocycles. The van der Waals surface area contributed by atoms with Crippen LogP contribution in [0.15, 0.2) is 18.2 Å². The van der Waals surface area contributed by atoms with Crippen molar-refractivity contribution in [2.24, 2.45) is 5.41 Å². The van der Waals surface area contributed by atoms with Crippen molar-refractivity contribution in [1.82, 2.24) is 0 Å². The standard InChI is InChI=1S/C14H20O/c1-10-7-12-8-11(9-14(2,3)4)5-6-13(12)15-10/h5-6,8,10H,7,9H2,1-4H3/t10-/m1/s1. The molecule has 0 aliphatic carbocycles. The molecule has 2 rings (SSSR count). The van der Waals surface area contributed by atoms with Gasteiger partial charge in [-0.1, -0.05) is 32.9 Å². The van der Waals surface area contributed by atoms with Crippen LogP contribution in [-0.4, -0.2) is 6.10 Å². The van der Waals surface area contributed by atoms with Crippen molar-refractivity contribution in [1.29, 1.82) is 0 Å². The molecule has 1 heteroatoms. The first-order chi connectivity index (χ1) is 6.94. The van der Waals surface area contributed by atoms with Gasteiger partial charge in [-0.25, -0.2) is 0 Å². The SMILES string of the molecule is C[C@@H]1Cc2cc(CC(C)(C)C)ccc2O1. The van der Waals surface area contributed by atoms with Gasteiger partial charge < -0.3 is 4.74 Å². The fourth-order valence-corrected chi connectivity index (χ4v) is 2.20. The summed E-state index contributed by atoms with van der Waals surface area (Å²) in [5.41, 5.74) is 3.17. The van der Waals surface area contributed by atoms with Crippen LogP contribution in [0.5, 0.6) is 5.75 Å². The minimum Gasteiger partial charge on any atom is -0.490 e. The molecule has 0 aromatic heterocycles. The molecule has 0 spiro atoms. The predicted molar refractivity (Wildman–Crippen MR) is 63.4 cm³/mol. The van der Waals surface area contributed by atoms with Crippen LogP contribution in [0.3, 0.4) is 0 Å². The molecule has 0 N–H and O–H groups in total. The van der Waals surface area contributed by atoms with Gasteiger partial charge in [0.15, 0.2) is 0 Å². The third-order valence-electron chi connectivity index (χ3n) is 2.69. The van der Waals surface area contributed by atoms with Gasteiger partial charge >= 0.3 is 0 Å². The second-order valence-corrected chi connectivity index (χ2v) is 5.81. The van der Waals surface area contributed by atoms with Crippen molar-refractivity contribution >= 4 is 0 Å². The first-order valence-electron chi connectivity index (χ1n) is 5.72. The zero-order valence-corrected chi connectivity index (χ0v) is 10.1. The van der Waals surface area contributed by atoms with Crippen LogP contribution in [-0.2, 0) is 12.8 Å². The van der Waals surface area contributed by atoms with E-state index >= 15 is 0 Å². The van der Waals surface area contributed by atoms with Crippen LogP contribution in [0.1, 0.15) is 38.8 Å². The van der Waals surface area contributed by atoms with E-state index in [1.807, 2.05) is 0 Å². The van der Waals surface area contributed by atoms with Gasteiger partial charge in [0.05, 0.1) is 0 Å². The maximum Gasteiger partial charge on any atom is 0.123 e. The number of fused-ring (bicyclic) bond motifs is 1. The predicted octanol–water partition coefficient (Wildman–Crippen LogP) is 3.60. The topological polar surface area (TPSA) is 9.23 Å². The van der Waals surface area contributed by atoms with Gasteiger partial charge in [-0.05, 0) is 36.0 Å². The molecule has 1 aromatic carbocycles. The minimum absolute atomic E-state index is 0.352. The molecule has 1 aromatic rings. The van der Waals surface area contributed by atoms with Crippen molar-refractivity contribution < 1.29 is 4.74 Å². The quantitative estimate of drug-likeness (QED) is 0.679. The largest absolute Gasteiger partial charge is 0.490 e. The molecule has 0 amide bonds. The molecule has 1 heterocycles. The Balaban J connectivity index is 2.20. The lowest BCUT2D eigenvalue weighted by molar-refractivity contribution is 0.254. The first kappa shape index (κ1) is 10.5. The molecule has 1 aliphatic heterocycles. The summed E-state index contributed by atoms with van der Waals surface area (Å²) in [6.45, 7) is 8.96. The van der Waals surface area contributed by atoms with Gasteiger partial charge in [-0.2, -0.15) is 0 Å². The smallest absolute Gasteiger partial charge is 0.123 e. The summed E-state index contributed by atoms with van der Waals surface area (Å²) in [6.07, 6.45) is 2.55. The Kier molecular flexibility index (Phi) is 2.49. The van der Waals surface area contributed by atoms with Crippen molar-refractivity contribution in [2.45, 2.75) is 46.6 Å². The molecule has 1 aliphatic rings. The highest BCUT2D eigenvalue weighted by Crippen LogP contribution is 2.31. The lowest BCUT2D eigenvalue weighted by atomic mass is 9.87. The van der Waals surface area contributed by atoms with E-state index in [0.717, 1.165) is 18.6 Å². The van der Waals surface area contributed by atoms with Gasteiger partial charge in [0.1, 0.15) is 11.9 Å². The van der Waals surface area contributed by atoms with E-state index in [1.165, 1.54) is 11.1 Å². The summed E-state index contributed by atoms with van der Waals surface area (Å²) < 4.78 is 5.69. The normalized spacial score (nSPS) is 19.9. The Labute approximate surface area is 92.5 Å². The minimum atomic E-state index is 0.352. The molecule has 15 heavy (non-hydrogen) atoms. The van der Waals surface area contributed by atoms with Gasteiger partial charge in [0.2, 0.25) is 0 Å². The lowest BCUT2D eigenvalue weighted by Crippen LogP contribution is -2.09. The van der Waals surface area contributed by atoms with E-state index in [1.54, 1.807) is 0 Å². The maximum absolute atomic E-state index is 5.69. The van der Waals surface area contributed by atoms with Gasteiger partial charge in [0.25, 0.3) is 0 Å². The van der Waals surface area contributed by atoms with Crippen LogP contribution in [0.25, 0.3) is 0 Å². The summed E-state index contributed by atoms with van der Waals surface area (Å²) in [5, 5.41) is 0. The molecule has 0 fully saturated rings. The molecule has 0 saturated heterocycles. The van der Waals surface area contributed by atoms with E-state index < -0.39 is 0 Å². The van der Waals surface area contributed by atoms with E-state index in [0.29, 0.717) is 11.5 Å². The van der Waals surface area contributed by atoms with Crippen LogP contribution in [0.4, 0.5) is 0 Å². The Hall–Kier alpha value is -0.980. The molecule has 0 unspecified atom stereocenters. The van der Waals surface area contributed by atoms with E-state index in [-0.39, 0.29) is 0 Å². The molecule has 82 valence electrons. The first-order valence-corrected chi connectivity index (χ1v) is 5.72. The highest BCUT2D eigenvalue weighted by molar-refractivity contribution is 5.40. The highest BCUT2D eigenvalue weighted by Gasteiger charge is 2.20. The third kappa shape index (κ3) is 2.53. The van der Waals surface area contributed by atoms with Crippen LogP contribution in [0.2, 0.25) is 0 Å². The van der Waals surface area contributed by atoms with Crippen molar-refractivity contribution in [3.05, 3.63) is 29.3 Å². The zero-order chi connectivity index (χ0) is 11.1. The summed E-state index contributed by atoms with van der Waals surface area (Å²) in [6, 6.07) is 6.63. The number of ether oxygens (including phenoxy) is 1. The third-order valence-corrected chi connectivity index (χ3v) is 2.69. The second kappa shape index (κ2) is 3.55. The Morgan fingerprint density at radius 1 is 1.33 bits per heavy atom. The lowest BCUT2D eigenvalue weighted by Gasteiger charge is -2.18. The number of rotatable bonds is 1. The number of hydrogen-bond donors (Lipinski definition) is 0. The van der Waals surface area contributed by atoms with E-state index in [9.17, 15) is 0 Å². The second-order valence-electron chi connectivity index (χ2n) is 5.81. The number of benzene rings is 1. The molecule has 0 radical (unpaired) electrons. The van der Waals surface area contributed by atoms with Crippen LogP contribution in [0, 0.1) is 5.41 Å². The molecule has 0 bridgehead atoms. The highest BCUT2D eigenvalue weighted by atomic mass is 16.5. The van der Waals surface area contributed by atoms with Crippen LogP contribution < -0.4 is 4.74 Å². The number of hydrogen-bond acceptors (Lipinski definition) is 1. The Bertz CT molecular complexity index is 360. The fraction of sp³-hybridized carbons (Fsp3) is 0.571. The summed E-state index contributed by atoms with van der Waals surface area (Å²) in [5.74, 6) is 1.08. The molecular formula is C14H20O. The van der Waals surface area contributed by atoms with Crippen LogP contribution >= 0.6 is 0 Å². The van der Waals surface area contributed by atoms with Gasteiger partial charge in [0, 0.05) is 6.42 Å². The zero-order valence-electron chi connectivity index (χ0n) is 10.1. The van der Waals surface area contributed by atoms with Gasteiger partial charge in [-0.3, -0.25) is 0 Å². The fourth-order valence-electron chi connectivity index (χ4n) is 2.20. The Morgan fingerprint density at radius 3 is 2.73 bits per heavy atom. The molecule has 1 nitrogen and oxygen atoms in total. The van der Waals surface area contributed by atoms with Gasteiger partial charge in [-0.15, -0.1) is 0 Å². The average molecular weight is 204 g/mol. The molecular weight excluding hydrogens is 184 g/mol. The maximum atomic E-state index is 5.69. The summed E-state index contributed by atoms with van der Waals surface area (Å²) >= 11 is 0. The van der Waals surface area contributed by atoms with Crippen molar-refractivity contribution in [3.8, 4) is 5.75 Å².